The van der Waals surface area contributed by atoms with Gasteiger partial charge in [0.15, 0.2) is 0 Å². The standard InChI is InChI=1S/C13H23NS/c1-3-4-8-12(14-2)11-15-13-9-6-5-7-10-13/h1,12-14H,4-11H2,2H3. The van der Waals surface area contributed by atoms with Gasteiger partial charge in [0.05, 0.1) is 0 Å². The first-order chi connectivity index (χ1) is 7.36. The van der Waals surface area contributed by atoms with E-state index >= 15 is 0 Å². The van der Waals surface area contributed by atoms with Crippen molar-refractivity contribution in [2.45, 2.75) is 56.2 Å². The summed E-state index contributed by atoms with van der Waals surface area (Å²) >= 11 is 2.15. The van der Waals surface area contributed by atoms with Crippen molar-refractivity contribution in [2.24, 2.45) is 0 Å². The first-order valence-corrected chi connectivity index (χ1v) is 7.14. The normalized spacial score (nSPS) is 19.7. The number of nitrogens with one attached hydrogen (secondary N) is 1. The lowest BCUT2D eigenvalue weighted by Crippen LogP contribution is -2.28. The van der Waals surface area contributed by atoms with Gasteiger partial charge in [-0.15, -0.1) is 12.3 Å². The van der Waals surface area contributed by atoms with Gasteiger partial charge in [-0.2, -0.15) is 11.8 Å². The summed E-state index contributed by atoms with van der Waals surface area (Å²) in [6, 6.07) is 0.605. The molecule has 1 atom stereocenters. The molecular formula is C13H23NS. The Balaban J connectivity index is 2.12. The van der Waals surface area contributed by atoms with Crippen molar-refractivity contribution in [3.63, 3.8) is 0 Å². The molecule has 0 saturated heterocycles. The average Bonchev–Trinajstić information content (AvgIpc) is 2.31. The van der Waals surface area contributed by atoms with E-state index in [1.807, 2.05) is 7.05 Å². The molecule has 1 saturated carbocycles. The Morgan fingerprint density at radius 3 is 2.73 bits per heavy atom. The molecule has 1 aliphatic rings. The molecule has 86 valence electrons. The van der Waals surface area contributed by atoms with Gasteiger partial charge >= 0.3 is 0 Å². The van der Waals surface area contributed by atoms with E-state index in [0.717, 1.165) is 18.1 Å². The highest BCUT2D eigenvalue weighted by Gasteiger charge is 2.15. The quantitative estimate of drug-likeness (QED) is 0.697. The summed E-state index contributed by atoms with van der Waals surface area (Å²) in [4.78, 5) is 0. The molecule has 1 N–H and O–H groups in total. The van der Waals surface area contributed by atoms with Gasteiger partial charge < -0.3 is 5.32 Å². The number of hydrogen-bond donors (Lipinski definition) is 1. The maximum atomic E-state index is 5.29. The van der Waals surface area contributed by atoms with E-state index in [-0.39, 0.29) is 0 Å². The molecule has 0 amide bonds. The van der Waals surface area contributed by atoms with E-state index in [4.69, 9.17) is 6.42 Å². The smallest absolute Gasteiger partial charge is 0.0164 e. The van der Waals surface area contributed by atoms with Crippen molar-refractivity contribution in [2.75, 3.05) is 12.8 Å². The minimum atomic E-state index is 0.605. The molecular weight excluding hydrogens is 202 g/mol. The summed E-state index contributed by atoms with van der Waals surface area (Å²) in [7, 11) is 2.04. The maximum Gasteiger partial charge on any atom is 0.0164 e. The van der Waals surface area contributed by atoms with Crippen LogP contribution >= 0.6 is 11.8 Å². The molecule has 0 spiro atoms. The highest BCUT2D eigenvalue weighted by Crippen LogP contribution is 2.28. The second-order valence-electron chi connectivity index (χ2n) is 4.32. The van der Waals surface area contributed by atoms with Gasteiger partial charge in [-0.25, -0.2) is 0 Å². The van der Waals surface area contributed by atoms with Crippen LogP contribution in [0.3, 0.4) is 0 Å². The second-order valence-corrected chi connectivity index (χ2v) is 5.66. The Morgan fingerprint density at radius 2 is 2.13 bits per heavy atom. The van der Waals surface area contributed by atoms with Crippen LogP contribution in [0.15, 0.2) is 0 Å². The summed E-state index contributed by atoms with van der Waals surface area (Å²) in [5, 5.41) is 4.28. The van der Waals surface area contributed by atoms with E-state index in [0.29, 0.717) is 6.04 Å². The zero-order chi connectivity index (χ0) is 10.9. The molecule has 0 heterocycles. The van der Waals surface area contributed by atoms with Gasteiger partial charge in [-0.3, -0.25) is 0 Å². The Bertz CT molecular complexity index is 191. The first kappa shape index (κ1) is 12.9. The van der Waals surface area contributed by atoms with Gasteiger partial charge in [0, 0.05) is 23.5 Å². The predicted molar refractivity (Wildman–Crippen MR) is 70.2 cm³/mol. The molecule has 0 radical (unpaired) electrons. The summed E-state index contributed by atoms with van der Waals surface area (Å²) in [5.74, 6) is 3.95. The molecule has 1 unspecified atom stereocenters. The Labute approximate surface area is 98.8 Å². The highest BCUT2D eigenvalue weighted by atomic mass is 32.2. The zero-order valence-corrected chi connectivity index (χ0v) is 10.6. The number of rotatable bonds is 6. The van der Waals surface area contributed by atoms with Crippen LogP contribution in [0.2, 0.25) is 0 Å². The SMILES string of the molecule is C#CCCC(CSC1CCCCC1)NC. The third kappa shape index (κ3) is 5.49. The van der Waals surface area contributed by atoms with Crippen molar-refractivity contribution in [1.82, 2.24) is 5.32 Å². The lowest BCUT2D eigenvalue weighted by molar-refractivity contribution is 0.513. The second kappa shape index (κ2) is 8.07. The fourth-order valence-corrected chi connectivity index (χ4v) is 3.56. The summed E-state index contributed by atoms with van der Waals surface area (Å²) < 4.78 is 0. The largest absolute Gasteiger partial charge is 0.316 e. The van der Waals surface area contributed by atoms with Crippen LogP contribution in [0.5, 0.6) is 0 Å². The predicted octanol–water partition coefficient (Wildman–Crippen LogP) is 3.05. The van der Waals surface area contributed by atoms with Crippen LogP contribution in [-0.4, -0.2) is 24.1 Å². The molecule has 0 aliphatic heterocycles. The van der Waals surface area contributed by atoms with Crippen molar-refractivity contribution < 1.29 is 0 Å². The van der Waals surface area contributed by atoms with Gasteiger partial charge in [-0.05, 0) is 26.3 Å². The summed E-state index contributed by atoms with van der Waals surface area (Å²) in [5.41, 5.74) is 0. The molecule has 0 aromatic heterocycles. The molecule has 1 rings (SSSR count). The molecule has 0 bridgehead atoms. The molecule has 1 nitrogen and oxygen atoms in total. The summed E-state index contributed by atoms with van der Waals surface area (Å²) in [6.45, 7) is 0. The third-order valence-corrected chi connectivity index (χ3v) is 4.67. The lowest BCUT2D eigenvalue weighted by atomic mass is 10.0. The van der Waals surface area contributed by atoms with Crippen LogP contribution in [-0.2, 0) is 0 Å². The van der Waals surface area contributed by atoms with Gasteiger partial charge in [-0.1, -0.05) is 19.3 Å². The van der Waals surface area contributed by atoms with E-state index < -0.39 is 0 Å². The summed E-state index contributed by atoms with van der Waals surface area (Å²) in [6.07, 6.45) is 14.5. The Hall–Kier alpha value is -0.130. The lowest BCUT2D eigenvalue weighted by Gasteiger charge is -2.23. The van der Waals surface area contributed by atoms with E-state index in [2.05, 4.69) is 23.0 Å². The van der Waals surface area contributed by atoms with Crippen molar-refractivity contribution in [3.8, 4) is 12.3 Å². The average molecular weight is 225 g/mol. The molecule has 1 aliphatic carbocycles. The molecule has 2 heteroatoms. The minimum absolute atomic E-state index is 0.605. The molecule has 15 heavy (non-hydrogen) atoms. The van der Waals surface area contributed by atoms with Gasteiger partial charge in [0.1, 0.15) is 0 Å². The number of terminal acetylenes is 1. The van der Waals surface area contributed by atoms with E-state index in [9.17, 15) is 0 Å². The minimum Gasteiger partial charge on any atom is -0.316 e. The Kier molecular flexibility index (Phi) is 6.96. The Morgan fingerprint density at radius 1 is 1.40 bits per heavy atom. The number of hydrogen-bond acceptors (Lipinski definition) is 2. The van der Waals surface area contributed by atoms with E-state index in [1.54, 1.807) is 0 Å². The van der Waals surface area contributed by atoms with Crippen molar-refractivity contribution in [1.29, 1.82) is 0 Å². The molecule has 0 aromatic carbocycles. The fourth-order valence-electron chi connectivity index (χ4n) is 2.05. The highest BCUT2D eigenvalue weighted by molar-refractivity contribution is 7.99. The molecule has 0 aromatic rings. The molecule has 1 fully saturated rings. The van der Waals surface area contributed by atoms with Crippen molar-refractivity contribution >= 4 is 11.8 Å². The fraction of sp³-hybridized carbons (Fsp3) is 0.846. The first-order valence-electron chi connectivity index (χ1n) is 6.09. The van der Waals surface area contributed by atoms with E-state index in [1.165, 1.54) is 37.9 Å². The van der Waals surface area contributed by atoms with Crippen molar-refractivity contribution in [3.05, 3.63) is 0 Å². The zero-order valence-electron chi connectivity index (χ0n) is 9.80. The maximum absolute atomic E-state index is 5.29. The van der Waals surface area contributed by atoms with Gasteiger partial charge in [0.2, 0.25) is 0 Å². The van der Waals surface area contributed by atoms with Crippen LogP contribution in [0.25, 0.3) is 0 Å². The van der Waals surface area contributed by atoms with Crippen LogP contribution in [0, 0.1) is 12.3 Å². The van der Waals surface area contributed by atoms with Gasteiger partial charge in [0.25, 0.3) is 0 Å². The van der Waals surface area contributed by atoms with Crippen LogP contribution < -0.4 is 5.32 Å². The third-order valence-electron chi connectivity index (χ3n) is 3.13. The monoisotopic (exact) mass is 225 g/mol. The van der Waals surface area contributed by atoms with Crippen LogP contribution in [0.1, 0.15) is 44.9 Å². The number of thioether (sulfide) groups is 1. The topological polar surface area (TPSA) is 12.0 Å². The van der Waals surface area contributed by atoms with Crippen LogP contribution in [0.4, 0.5) is 0 Å².